The lowest BCUT2D eigenvalue weighted by Gasteiger charge is -2.08. The lowest BCUT2D eigenvalue weighted by Crippen LogP contribution is -1.96. The molecule has 4 heteroatoms. The lowest BCUT2D eigenvalue weighted by molar-refractivity contribution is 0.112. The van der Waals surface area contributed by atoms with Crippen LogP contribution in [0.15, 0.2) is 46.9 Å². The van der Waals surface area contributed by atoms with Crippen LogP contribution in [0.2, 0.25) is 0 Å². The van der Waals surface area contributed by atoms with Crippen LogP contribution in [0.3, 0.4) is 0 Å². The molecule has 0 aliphatic heterocycles. The summed E-state index contributed by atoms with van der Waals surface area (Å²) in [5.41, 5.74) is 1.63. The molecule has 3 nitrogen and oxygen atoms in total. The predicted octanol–water partition coefficient (Wildman–Crippen LogP) is 3.85. The molecule has 0 spiro atoms. The number of hydrogen-bond acceptors (Lipinski definition) is 3. The number of carbonyl (C=O) groups is 1. The molecule has 98 valence electrons. The van der Waals surface area contributed by atoms with E-state index in [4.69, 9.17) is 9.47 Å². The third-order valence-electron chi connectivity index (χ3n) is 2.64. The molecular formula is C15H13BrO3. The van der Waals surface area contributed by atoms with Crippen LogP contribution in [-0.4, -0.2) is 13.4 Å². The Hall–Kier alpha value is -1.81. The molecule has 2 aromatic rings. The molecule has 0 bridgehead atoms. The molecule has 2 rings (SSSR count). The van der Waals surface area contributed by atoms with Crippen molar-refractivity contribution in [1.82, 2.24) is 0 Å². The highest BCUT2D eigenvalue weighted by molar-refractivity contribution is 9.10. The van der Waals surface area contributed by atoms with Gasteiger partial charge in [-0.05, 0) is 51.8 Å². The highest BCUT2D eigenvalue weighted by atomic mass is 79.9. The number of aldehydes is 1. The molecule has 2 aromatic carbocycles. The van der Waals surface area contributed by atoms with Gasteiger partial charge in [0.2, 0.25) is 0 Å². The van der Waals surface area contributed by atoms with E-state index >= 15 is 0 Å². The Morgan fingerprint density at radius 3 is 2.68 bits per heavy atom. The standard InChI is InChI=1S/C15H13BrO3/c1-18-13-4-2-3-11(7-13)10-19-14-6-5-12(9-17)15(16)8-14/h2-9H,10H2,1H3. The fraction of sp³-hybridized carbons (Fsp3) is 0.133. The van der Waals surface area contributed by atoms with E-state index in [1.165, 1.54) is 0 Å². The van der Waals surface area contributed by atoms with Crippen LogP contribution < -0.4 is 9.47 Å². The molecule has 0 unspecified atom stereocenters. The SMILES string of the molecule is COc1cccc(COc2ccc(C=O)c(Br)c2)c1. The van der Waals surface area contributed by atoms with Gasteiger partial charge in [0.15, 0.2) is 6.29 Å². The van der Waals surface area contributed by atoms with Crippen LogP contribution >= 0.6 is 15.9 Å². The largest absolute Gasteiger partial charge is 0.497 e. The number of ether oxygens (including phenoxy) is 2. The Labute approximate surface area is 120 Å². The van der Waals surface area contributed by atoms with E-state index in [2.05, 4.69) is 15.9 Å². The minimum Gasteiger partial charge on any atom is -0.497 e. The minimum absolute atomic E-state index is 0.448. The fourth-order valence-electron chi connectivity index (χ4n) is 1.62. The fourth-order valence-corrected chi connectivity index (χ4v) is 2.07. The van der Waals surface area contributed by atoms with Crippen LogP contribution in [0.25, 0.3) is 0 Å². The number of benzene rings is 2. The summed E-state index contributed by atoms with van der Waals surface area (Å²) in [4.78, 5) is 10.7. The number of carbonyl (C=O) groups excluding carboxylic acids is 1. The molecule has 0 aromatic heterocycles. The van der Waals surface area contributed by atoms with Gasteiger partial charge in [0.05, 0.1) is 7.11 Å². The van der Waals surface area contributed by atoms with E-state index in [1.54, 1.807) is 25.3 Å². The van der Waals surface area contributed by atoms with E-state index < -0.39 is 0 Å². The molecular weight excluding hydrogens is 308 g/mol. The molecule has 0 atom stereocenters. The monoisotopic (exact) mass is 320 g/mol. The number of hydrogen-bond donors (Lipinski definition) is 0. The topological polar surface area (TPSA) is 35.5 Å². The van der Waals surface area contributed by atoms with Gasteiger partial charge in [0.1, 0.15) is 18.1 Å². The van der Waals surface area contributed by atoms with Crippen molar-refractivity contribution in [3.8, 4) is 11.5 Å². The van der Waals surface area contributed by atoms with Gasteiger partial charge in [-0.1, -0.05) is 12.1 Å². The third-order valence-corrected chi connectivity index (χ3v) is 3.33. The molecule has 0 amide bonds. The highest BCUT2D eigenvalue weighted by Crippen LogP contribution is 2.23. The van der Waals surface area contributed by atoms with Crippen molar-refractivity contribution in [3.05, 3.63) is 58.1 Å². The maximum Gasteiger partial charge on any atom is 0.151 e. The van der Waals surface area contributed by atoms with Crippen LogP contribution in [0, 0.1) is 0 Å². The first kappa shape index (κ1) is 13.6. The number of halogens is 1. The molecule has 0 saturated heterocycles. The third kappa shape index (κ3) is 3.58. The van der Waals surface area contributed by atoms with Gasteiger partial charge in [0, 0.05) is 10.0 Å². The predicted molar refractivity (Wildman–Crippen MR) is 76.9 cm³/mol. The first-order valence-electron chi connectivity index (χ1n) is 5.73. The van der Waals surface area contributed by atoms with Crippen LogP contribution in [0.1, 0.15) is 15.9 Å². The average Bonchev–Trinajstić information content (AvgIpc) is 2.45. The van der Waals surface area contributed by atoms with Crippen LogP contribution in [0.5, 0.6) is 11.5 Å². The Morgan fingerprint density at radius 1 is 1.16 bits per heavy atom. The molecule has 19 heavy (non-hydrogen) atoms. The van der Waals surface area contributed by atoms with Gasteiger partial charge in [-0.15, -0.1) is 0 Å². The quantitative estimate of drug-likeness (QED) is 0.785. The van der Waals surface area contributed by atoms with Gasteiger partial charge in [-0.2, -0.15) is 0 Å². The molecule has 0 fully saturated rings. The summed E-state index contributed by atoms with van der Waals surface area (Å²) in [5, 5.41) is 0. The van der Waals surface area contributed by atoms with E-state index in [0.29, 0.717) is 17.9 Å². The van der Waals surface area contributed by atoms with Crippen molar-refractivity contribution in [2.75, 3.05) is 7.11 Å². The summed E-state index contributed by atoms with van der Waals surface area (Å²) < 4.78 is 11.6. The second kappa shape index (κ2) is 6.38. The first-order valence-corrected chi connectivity index (χ1v) is 6.52. The molecule has 0 saturated carbocycles. The maximum atomic E-state index is 10.7. The molecule has 0 aliphatic rings. The van der Waals surface area contributed by atoms with E-state index in [1.807, 2.05) is 24.3 Å². The van der Waals surface area contributed by atoms with Gasteiger partial charge >= 0.3 is 0 Å². The summed E-state index contributed by atoms with van der Waals surface area (Å²) in [7, 11) is 1.63. The smallest absolute Gasteiger partial charge is 0.151 e. The zero-order valence-corrected chi connectivity index (χ0v) is 12.0. The van der Waals surface area contributed by atoms with Gasteiger partial charge in [-0.25, -0.2) is 0 Å². The second-order valence-electron chi connectivity index (χ2n) is 3.94. The minimum atomic E-state index is 0.448. The van der Waals surface area contributed by atoms with Crippen molar-refractivity contribution in [3.63, 3.8) is 0 Å². The van der Waals surface area contributed by atoms with E-state index in [-0.39, 0.29) is 0 Å². The Kier molecular flexibility index (Phi) is 4.58. The second-order valence-corrected chi connectivity index (χ2v) is 4.80. The molecule has 0 aliphatic carbocycles. The maximum absolute atomic E-state index is 10.7. The molecule has 0 N–H and O–H groups in total. The number of methoxy groups -OCH3 is 1. The highest BCUT2D eigenvalue weighted by Gasteiger charge is 2.02. The zero-order valence-electron chi connectivity index (χ0n) is 10.4. The van der Waals surface area contributed by atoms with Gasteiger partial charge in [0.25, 0.3) is 0 Å². The Bertz CT molecular complexity index is 581. The normalized spacial score (nSPS) is 10.0. The first-order chi connectivity index (χ1) is 9.22. The van der Waals surface area contributed by atoms with Gasteiger partial charge in [-0.3, -0.25) is 4.79 Å². The van der Waals surface area contributed by atoms with Crippen molar-refractivity contribution in [2.45, 2.75) is 6.61 Å². The van der Waals surface area contributed by atoms with Crippen LogP contribution in [0.4, 0.5) is 0 Å². The van der Waals surface area contributed by atoms with Gasteiger partial charge < -0.3 is 9.47 Å². The van der Waals surface area contributed by atoms with Crippen molar-refractivity contribution < 1.29 is 14.3 Å². The summed E-state index contributed by atoms with van der Waals surface area (Å²) >= 11 is 3.33. The van der Waals surface area contributed by atoms with E-state index in [9.17, 15) is 4.79 Å². The number of rotatable bonds is 5. The Balaban J connectivity index is 2.05. The van der Waals surface area contributed by atoms with E-state index in [0.717, 1.165) is 22.1 Å². The average molecular weight is 321 g/mol. The summed E-state index contributed by atoms with van der Waals surface area (Å²) in [6, 6.07) is 13.0. The summed E-state index contributed by atoms with van der Waals surface area (Å²) in [6.07, 6.45) is 0.802. The molecule has 0 radical (unpaired) electrons. The molecule has 0 heterocycles. The van der Waals surface area contributed by atoms with Crippen LogP contribution in [-0.2, 0) is 6.61 Å². The zero-order chi connectivity index (χ0) is 13.7. The summed E-state index contributed by atoms with van der Waals surface area (Å²) in [5.74, 6) is 1.51. The van der Waals surface area contributed by atoms with Crippen molar-refractivity contribution in [2.24, 2.45) is 0 Å². The van der Waals surface area contributed by atoms with Crippen molar-refractivity contribution in [1.29, 1.82) is 0 Å². The lowest BCUT2D eigenvalue weighted by atomic mass is 10.2. The van der Waals surface area contributed by atoms with Crippen molar-refractivity contribution >= 4 is 22.2 Å². The Morgan fingerprint density at radius 2 is 2.00 bits per heavy atom. The summed E-state index contributed by atoms with van der Waals surface area (Å²) in [6.45, 7) is 0.448.